The molecule has 0 spiro atoms. The van der Waals surface area contributed by atoms with Crippen LogP contribution in [-0.2, 0) is 4.79 Å². The first-order chi connectivity index (χ1) is 13.1. The average molecular weight is 383 g/mol. The first-order valence-corrected chi connectivity index (χ1v) is 12.4. The van der Waals surface area contributed by atoms with Crippen molar-refractivity contribution >= 4 is 5.97 Å². The zero-order valence-corrected chi connectivity index (χ0v) is 19.0. The van der Waals surface area contributed by atoms with Gasteiger partial charge in [0.2, 0.25) is 0 Å². The fraction of sp³-hybridized carbons (Fsp3) is 0.960. The van der Waals surface area contributed by atoms with Crippen LogP contribution < -0.4 is 0 Å². The molecule has 0 fully saturated rings. The van der Waals surface area contributed by atoms with Crippen molar-refractivity contribution in [2.75, 3.05) is 0 Å². The summed E-state index contributed by atoms with van der Waals surface area (Å²) in [6, 6.07) is 0. The van der Waals surface area contributed by atoms with Gasteiger partial charge in [-0.1, -0.05) is 130 Å². The normalized spacial score (nSPS) is 11.8. The van der Waals surface area contributed by atoms with Crippen LogP contribution in [0.1, 0.15) is 149 Å². The Morgan fingerprint density at radius 1 is 0.519 bits per heavy atom. The minimum atomic E-state index is -0.514. The number of unbranched alkanes of at least 4 members (excludes halogenated alkanes) is 14. The Morgan fingerprint density at radius 3 is 1.04 bits per heavy atom. The average Bonchev–Trinajstić information content (AvgIpc) is 2.66. The summed E-state index contributed by atoms with van der Waals surface area (Å²) >= 11 is 0. The Hall–Kier alpha value is -0.530. The number of hydrogen-bond acceptors (Lipinski definition) is 1. The summed E-state index contributed by atoms with van der Waals surface area (Å²) in [6.45, 7) is 6.72. The van der Waals surface area contributed by atoms with Crippen LogP contribution in [-0.4, -0.2) is 11.1 Å². The molecule has 0 saturated carbocycles. The summed E-state index contributed by atoms with van der Waals surface area (Å²) in [4.78, 5) is 12.3. The zero-order chi connectivity index (χ0) is 20.2. The van der Waals surface area contributed by atoms with Gasteiger partial charge < -0.3 is 5.11 Å². The van der Waals surface area contributed by atoms with Crippen LogP contribution in [0.15, 0.2) is 0 Å². The molecule has 0 saturated heterocycles. The highest BCUT2D eigenvalue weighted by Crippen LogP contribution is 2.38. The Balaban J connectivity index is 4.45. The molecule has 0 aromatic heterocycles. The molecule has 0 rings (SSSR count). The summed E-state index contributed by atoms with van der Waals surface area (Å²) in [6.07, 6.45) is 23.8. The lowest BCUT2D eigenvalue weighted by Gasteiger charge is -2.30. The van der Waals surface area contributed by atoms with E-state index >= 15 is 0 Å². The maximum Gasteiger partial charge on any atom is 0.309 e. The Kier molecular flexibility index (Phi) is 18.4. The quantitative estimate of drug-likeness (QED) is 0.201. The highest BCUT2D eigenvalue weighted by atomic mass is 16.4. The third-order valence-electron chi connectivity index (χ3n) is 6.23. The molecule has 2 nitrogen and oxygen atoms in total. The summed E-state index contributed by atoms with van der Waals surface area (Å²) in [7, 11) is 0. The molecular weight excluding hydrogens is 332 g/mol. The molecular formula is C25H50O2. The second kappa shape index (κ2) is 18.8. The van der Waals surface area contributed by atoms with Crippen LogP contribution in [0.3, 0.4) is 0 Å². The van der Waals surface area contributed by atoms with E-state index in [-0.39, 0.29) is 0 Å². The smallest absolute Gasteiger partial charge is 0.309 e. The van der Waals surface area contributed by atoms with E-state index in [1.165, 1.54) is 89.9 Å². The molecule has 0 radical (unpaired) electrons. The van der Waals surface area contributed by atoms with Crippen LogP contribution in [0.5, 0.6) is 0 Å². The Morgan fingerprint density at radius 2 is 0.778 bits per heavy atom. The molecule has 2 heteroatoms. The molecule has 162 valence electrons. The van der Waals surface area contributed by atoms with Crippen molar-refractivity contribution in [3.63, 3.8) is 0 Å². The van der Waals surface area contributed by atoms with Gasteiger partial charge >= 0.3 is 5.97 Å². The number of hydrogen-bond donors (Lipinski definition) is 1. The third kappa shape index (κ3) is 14.2. The lowest BCUT2D eigenvalue weighted by atomic mass is 9.74. The van der Waals surface area contributed by atoms with Gasteiger partial charge in [0, 0.05) is 0 Å². The zero-order valence-electron chi connectivity index (χ0n) is 19.0. The van der Waals surface area contributed by atoms with Gasteiger partial charge in [-0.2, -0.15) is 0 Å². The third-order valence-corrected chi connectivity index (χ3v) is 6.23. The van der Waals surface area contributed by atoms with E-state index in [2.05, 4.69) is 20.8 Å². The number of aliphatic carboxylic acids is 1. The molecule has 0 atom stereocenters. The highest BCUT2D eigenvalue weighted by molar-refractivity contribution is 5.74. The molecule has 0 aromatic carbocycles. The maximum atomic E-state index is 12.3. The first kappa shape index (κ1) is 26.5. The molecule has 0 aliphatic heterocycles. The maximum absolute atomic E-state index is 12.3. The van der Waals surface area contributed by atoms with E-state index in [0.717, 1.165) is 38.5 Å². The van der Waals surface area contributed by atoms with Gasteiger partial charge in [-0.25, -0.2) is 0 Å². The van der Waals surface area contributed by atoms with Gasteiger partial charge in [-0.05, 0) is 19.3 Å². The monoisotopic (exact) mass is 382 g/mol. The minimum Gasteiger partial charge on any atom is -0.481 e. The predicted octanol–water partition coefficient (Wildman–Crippen LogP) is 8.92. The molecule has 0 aliphatic rings. The van der Waals surface area contributed by atoms with Gasteiger partial charge in [-0.15, -0.1) is 0 Å². The first-order valence-electron chi connectivity index (χ1n) is 12.4. The topological polar surface area (TPSA) is 37.3 Å². The van der Waals surface area contributed by atoms with Crippen LogP contribution in [0.2, 0.25) is 0 Å². The second-order valence-electron chi connectivity index (χ2n) is 8.79. The summed E-state index contributed by atoms with van der Waals surface area (Å²) < 4.78 is 0. The summed E-state index contributed by atoms with van der Waals surface area (Å²) in [5, 5.41) is 10.1. The van der Waals surface area contributed by atoms with Crippen LogP contribution in [0.4, 0.5) is 0 Å². The predicted molar refractivity (Wildman–Crippen MR) is 119 cm³/mol. The number of carbonyl (C=O) groups is 1. The Labute approximate surface area is 170 Å². The van der Waals surface area contributed by atoms with E-state index in [1.54, 1.807) is 0 Å². The standard InChI is InChI=1S/C25H50O2/c1-4-7-10-13-14-17-20-23-25(24(26)27,21-18-15-11-8-5-2)22-19-16-12-9-6-3/h4-23H2,1-3H3,(H,26,27). The van der Waals surface area contributed by atoms with Crippen molar-refractivity contribution in [2.45, 2.75) is 149 Å². The van der Waals surface area contributed by atoms with Crippen molar-refractivity contribution in [1.82, 2.24) is 0 Å². The minimum absolute atomic E-state index is 0.443. The van der Waals surface area contributed by atoms with Crippen molar-refractivity contribution in [3.05, 3.63) is 0 Å². The van der Waals surface area contributed by atoms with Gasteiger partial charge in [0.15, 0.2) is 0 Å². The van der Waals surface area contributed by atoms with Crippen molar-refractivity contribution in [3.8, 4) is 0 Å². The molecule has 0 heterocycles. The summed E-state index contributed by atoms with van der Waals surface area (Å²) in [5.41, 5.74) is -0.443. The molecule has 0 aliphatic carbocycles. The van der Waals surface area contributed by atoms with E-state index in [4.69, 9.17) is 0 Å². The van der Waals surface area contributed by atoms with Gasteiger partial charge in [0.05, 0.1) is 5.41 Å². The lowest BCUT2D eigenvalue weighted by molar-refractivity contribution is -0.150. The molecule has 0 amide bonds. The Bertz CT molecular complexity index is 310. The van der Waals surface area contributed by atoms with Crippen molar-refractivity contribution < 1.29 is 9.90 Å². The van der Waals surface area contributed by atoms with Gasteiger partial charge in [0.1, 0.15) is 0 Å². The second-order valence-corrected chi connectivity index (χ2v) is 8.79. The van der Waals surface area contributed by atoms with E-state index in [1.807, 2.05) is 0 Å². The van der Waals surface area contributed by atoms with Crippen molar-refractivity contribution in [1.29, 1.82) is 0 Å². The molecule has 0 unspecified atom stereocenters. The molecule has 0 aromatic rings. The SMILES string of the molecule is CCCCCCCCCC(CCCCCCC)(CCCCCCC)C(=O)O. The number of carboxylic acid groups (broad SMARTS) is 1. The molecule has 27 heavy (non-hydrogen) atoms. The van der Waals surface area contributed by atoms with Crippen LogP contribution in [0, 0.1) is 5.41 Å². The lowest BCUT2D eigenvalue weighted by Crippen LogP contribution is -2.31. The van der Waals surface area contributed by atoms with Gasteiger partial charge in [-0.3, -0.25) is 4.79 Å². The molecule has 1 N–H and O–H groups in total. The fourth-order valence-electron chi connectivity index (χ4n) is 4.25. The van der Waals surface area contributed by atoms with E-state index in [0.29, 0.717) is 0 Å². The highest BCUT2D eigenvalue weighted by Gasteiger charge is 2.36. The van der Waals surface area contributed by atoms with Crippen LogP contribution in [0.25, 0.3) is 0 Å². The summed E-state index contributed by atoms with van der Waals surface area (Å²) in [5.74, 6) is -0.514. The van der Waals surface area contributed by atoms with Crippen LogP contribution >= 0.6 is 0 Å². The van der Waals surface area contributed by atoms with Gasteiger partial charge in [0.25, 0.3) is 0 Å². The molecule has 0 bridgehead atoms. The largest absolute Gasteiger partial charge is 0.481 e. The number of carboxylic acids is 1. The van der Waals surface area contributed by atoms with E-state index < -0.39 is 11.4 Å². The number of rotatable bonds is 21. The van der Waals surface area contributed by atoms with E-state index in [9.17, 15) is 9.90 Å². The fourth-order valence-corrected chi connectivity index (χ4v) is 4.25. The van der Waals surface area contributed by atoms with Crippen molar-refractivity contribution in [2.24, 2.45) is 5.41 Å².